The van der Waals surface area contributed by atoms with Gasteiger partial charge in [-0.1, -0.05) is 26.5 Å². The van der Waals surface area contributed by atoms with Gasteiger partial charge in [-0.05, 0) is 67.4 Å². The number of nitrogen functional groups attached to an aromatic ring is 1. The van der Waals surface area contributed by atoms with Gasteiger partial charge in [0.05, 0.1) is 17.9 Å². The standard InChI is InChI=1S/C25H33N5O3/c1-5-18-12-19(13-27-23(18)26)28-24(32)25(33)30-14-15(2)6-10-21(30)17(4)7-9-20-16(3)8-11-22(31)29-20/h7,9,12-13,15,21H,4-6,8,10-11,14H2,1-3H3,(H2,26,27)(H,28,32)(H,29,31)/b9-7-/t15-,21+/m1/s1. The van der Waals surface area contributed by atoms with Crippen molar-refractivity contribution >= 4 is 29.2 Å². The van der Waals surface area contributed by atoms with E-state index in [9.17, 15) is 14.4 Å². The number of amides is 3. The minimum atomic E-state index is -0.711. The summed E-state index contributed by atoms with van der Waals surface area (Å²) in [5, 5.41) is 5.54. The van der Waals surface area contributed by atoms with Gasteiger partial charge in [0.15, 0.2) is 0 Å². The molecule has 3 amide bonds. The van der Waals surface area contributed by atoms with Crippen LogP contribution in [0, 0.1) is 5.92 Å². The van der Waals surface area contributed by atoms with Crippen LogP contribution >= 0.6 is 0 Å². The molecule has 0 radical (unpaired) electrons. The zero-order valence-corrected chi connectivity index (χ0v) is 19.6. The van der Waals surface area contributed by atoms with Crippen LogP contribution in [0.15, 0.2) is 47.8 Å². The van der Waals surface area contributed by atoms with Crippen LogP contribution < -0.4 is 16.4 Å². The smallest absolute Gasteiger partial charge is 0.313 e. The summed E-state index contributed by atoms with van der Waals surface area (Å²) in [6.07, 6.45) is 8.66. The number of rotatable bonds is 5. The van der Waals surface area contributed by atoms with Gasteiger partial charge in [-0.3, -0.25) is 14.4 Å². The van der Waals surface area contributed by atoms with E-state index in [2.05, 4.69) is 29.1 Å². The number of hydrogen-bond acceptors (Lipinski definition) is 5. The lowest BCUT2D eigenvalue weighted by molar-refractivity contribution is -0.145. The van der Waals surface area contributed by atoms with Crippen LogP contribution in [-0.2, 0) is 20.8 Å². The van der Waals surface area contributed by atoms with Crippen molar-refractivity contribution in [2.75, 3.05) is 17.6 Å². The van der Waals surface area contributed by atoms with Crippen molar-refractivity contribution in [2.24, 2.45) is 5.92 Å². The molecule has 0 aromatic carbocycles. The van der Waals surface area contributed by atoms with Gasteiger partial charge in [-0.2, -0.15) is 0 Å². The Balaban J connectivity index is 1.74. The van der Waals surface area contributed by atoms with Gasteiger partial charge in [0.25, 0.3) is 0 Å². The molecule has 8 heteroatoms. The Morgan fingerprint density at radius 1 is 1.36 bits per heavy atom. The highest BCUT2D eigenvalue weighted by atomic mass is 16.2. The minimum Gasteiger partial charge on any atom is -0.383 e. The van der Waals surface area contributed by atoms with Gasteiger partial charge >= 0.3 is 11.8 Å². The first-order valence-electron chi connectivity index (χ1n) is 11.4. The molecule has 3 heterocycles. The molecule has 1 aromatic heterocycles. The lowest BCUT2D eigenvalue weighted by Crippen LogP contribution is -2.50. The highest BCUT2D eigenvalue weighted by Gasteiger charge is 2.34. The molecular weight excluding hydrogens is 418 g/mol. The first-order chi connectivity index (χ1) is 15.7. The zero-order chi connectivity index (χ0) is 24.1. The Morgan fingerprint density at radius 2 is 2.12 bits per heavy atom. The van der Waals surface area contributed by atoms with E-state index in [1.165, 1.54) is 6.20 Å². The summed E-state index contributed by atoms with van der Waals surface area (Å²) in [5.41, 5.74) is 9.68. The van der Waals surface area contributed by atoms with Crippen LogP contribution in [0.3, 0.4) is 0 Å². The molecular formula is C25H33N5O3. The predicted molar refractivity (Wildman–Crippen MR) is 129 cm³/mol. The Bertz CT molecular complexity index is 1030. The van der Waals surface area contributed by atoms with Crippen molar-refractivity contribution in [3.63, 3.8) is 0 Å². The molecule has 0 saturated carbocycles. The fourth-order valence-electron chi connectivity index (χ4n) is 4.19. The van der Waals surface area contributed by atoms with E-state index in [1.807, 2.05) is 26.0 Å². The second kappa shape index (κ2) is 10.5. The molecule has 1 fully saturated rings. The number of aryl methyl sites for hydroxylation is 1. The lowest BCUT2D eigenvalue weighted by Gasteiger charge is -2.38. The highest BCUT2D eigenvalue weighted by molar-refractivity contribution is 6.39. The van der Waals surface area contributed by atoms with Crippen LogP contribution in [0.5, 0.6) is 0 Å². The quantitative estimate of drug-likeness (QED) is 0.470. The molecule has 0 bridgehead atoms. The van der Waals surface area contributed by atoms with Crippen LogP contribution in [0.4, 0.5) is 11.5 Å². The number of pyridine rings is 1. The van der Waals surface area contributed by atoms with E-state index >= 15 is 0 Å². The highest BCUT2D eigenvalue weighted by Crippen LogP contribution is 2.27. The number of carbonyl (C=O) groups excluding carboxylic acids is 3. The summed E-state index contributed by atoms with van der Waals surface area (Å²) >= 11 is 0. The van der Waals surface area contributed by atoms with Gasteiger partial charge in [0, 0.05) is 18.7 Å². The summed E-state index contributed by atoms with van der Waals surface area (Å²) in [6.45, 7) is 10.6. The van der Waals surface area contributed by atoms with Gasteiger partial charge in [-0.25, -0.2) is 4.98 Å². The molecule has 8 nitrogen and oxygen atoms in total. The topological polar surface area (TPSA) is 117 Å². The summed E-state index contributed by atoms with van der Waals surface area (Å²) in [7, 11) is 0. The molecule has 0 unspecified atom stereocenters. The van der Waals surface area contributed by atoms with E-state index in [0.29, 0.717) is 30.9 Å². The number of likely N-dealkylation sites (tertiary alicyclic amines) is 1. The SMILES string of the molecule is C=C(/C=C\C1=C(C)CCC(=O)N1)[C@@H]1CC[C@@H](C)CN1C(=O)C(=O)Nc1cnc(N)c(CC)c1. The van der Waals surface area contributed by atoms with Crippen molar-refractivity contribution in [3.05, 3.63) is 53.4 Å². The maximum absolute atomic E-state index is 13.1. The number of hydrogen-bond donors (Lipinski definition) is 3. The van der Waals surface area contributed by atoms with Crippen molar-refractivity contribution < 1.29 is 14.4 Å². The van der Waals surface area contributed by atoms with Gasteiger partial charge < -0.3 is 21.3 Å². The molecule has 0 aliphatic carbocycles. The number of nitrogens with one attached hydrogen (secondary N) is 2. The summed E-state index contributed by atoms with van der Waals surface area (Å²) in [4.78, 5) is 43.3. The predicted octanol–water partition coefficient (Wildman–Crippen LogP) is 3.09. The molecule has 33 heavy (non-hydrogen) atoms. The maximum atomic E-state index is 13.1. The number of nitrogens with two attached hydrogens (primary N) is 1. The van der Waals surface area contributed by atoms with E-state index in [-0.39, 0.29) is 17.9 Å². The molecule has 2 aliphatic heterocycles. The molecule has 4 N–H and O–H groups in total. The number of anilines is 2. The van der Waals surface area contributed by atoms with Crippen molar-refractivity contribution in [3.8, 4) is 0 Å². The van der Waals surface area contributed by atoms with Gasteiger partial charge in [-0.15, -0.1) is 0 Å². The minimum absolute atomic E-state index is 0.00535. The van der Waals surface area contributed by atoms with E-state index < -0.39 is 11.8 Å². The average Bonchev–Trinajstić information content (AvgIpc) is 2.80. The third kappa shape index (κ3) is 5.88. The lowest BCUT2D eigenvalue weighted by atomic mass is 9.89. The summed E-state index contributed by atoms with van der Waals surface area (Å²) in [5.74, 6) is -0.624. The van der Waals surface area contributed by atoms with E-state index in [4.69, 9.17) is 5.73 Å². The van der Waals surface area contributed by atoms with Crippen LogP contribution in [0.25, 0.3) is 0 Å². The monoisotopic (exact) mass is 451 g/mol. The summed E-state index contributed by atoms with van der Waals surface area (Å²) < 4.78 is 0. The van der Waals surface area contributed by atoms with Crippen molar-refractivity contribution in [2.45, 2.75) is 58.9 Å². The number of allylic oxidation sites excluding steroid dienone is 2. The van der Waals surface area contributed by atoms with E-state index in [0.717, 1.165) is 41.7 Å². The first kappa shape index (κ1) is 24.2. The van der Waals surface area contributed by atoms with Crippen LogP contribution in [0.2, 0.25) is 0 Å². The number of nitrogens with zero attached hydrogens (tertiary/aromatic N) is 2. The summed E-state index contributed by atoms with van der Waals surface area (Å²) in [6, 6.07) is 1.45. The van der Waals surface area contributed by atoms with Crippen molar-refractivity contribution in [1.82, 2.24) is 15.2 Å². The van der Waals surface area contributed by atoms with Crippen molar-refractivity contribution in [1.29, 1.82) is 0 Å². The molecule has 1 aromatic rings. The Labute approximate surface area is 195 Å². The number of aromatic nitrogens is 1. The van der Waals surface area contributed by atoms with Crippen LogP contribution in [-0.4, -0.2) is 40.2 Å². The van der Waals surface area contributed by atoms with Crippen LogP contribution in [0.1, 0.15) is 52.0 Å². The number of carbonyl (C=O) groups is 3. The molecule has 3 rings (SSSR count). The molecule has 0 spiro atoms. The Morgan fingerprint density at radius 3 is 2.85 bits per heavy atom. The van der Waals surface area contributed by atoms with Gasteiger partial charge in [0.2, 0.25) is 5.91 Å². The number of piperidine rings is 1. The third-order valence-corrected chi connectivity index (χ3v) is 6.27. The molecule has 2 aliphatic rings. The normalized spacial score (nSPS) is 21.2. The second-order valence-electron chi connectivity index (χ2n) is 8.88. The maximum Gasteiger partial charge on any atom is 0.313 e. The molecule has 2 atom stereocenters. The second-order valence-corrected chi connectivity index (χ2v) is 8.88. The fourth-order valence-corrected chi connectivity index (χ4v) is 4.19. The van der Waals surface area contributed by atoms with E-state index in [1.54, 1.807) is 11.0 Å². The first-order valence-corrected chi connectivity index (χ1v) is 11.4. The fraction of sp³-hybridized carbons (Fsp3) is 0.440. The molecule has 1 saturated heterocycles. The molecule has 176 valence electrons. The van der Waals surface area contributed by atoms with Gasteiger partial charge in [0.1, 0.15) is 5.82 Å². The average molecular weight is 452 g/mol. The third-order valence-electron chi connectivity index (χ3n) is 6.27. The Hall–Kier alpha value is -3.42. The Kier molecular flexibility index (Phi) is 7.68. The largest absolute Gasteiger partial charge is 0.383 e. The zero-order valence-electron chi connectivity index (χ0n) is 19.6.